The number of rotatable bonds is 7. The fourth-order valence-corrected chi connectivity index (χ4v) is 3.68. The predicted octanol–water partition coefficient (Wildman–Crippen LogP) is 2.06. The molecule has 22 heavy (non-hydrogen) atoms. The van der Waals surface area contributed by atoms with Crippen molar-refractivity contribution in [2.75, 3.05) is 13.2 Å². The van der Waals surface area contributed by atoms with Crippen molar-refractivity contribution >= 4 is 44.3 Å². The van der Waals surface area contributed by atoms with Gasteiger partial charge < -0.3 is 10.5 Å². The number of esters is 1. The van der Waals surface area contributed by atoms with Crippen molar-refractivity contribution in [1.82, 2.24) is 4.72 Å². The van der Waals surface area contributed by atoms with Gasteiger partial charge in [-0.25, -0.2) is 17.9 Å². The Morgan fingerprint density at radius 3 is 2.59 bits per heavy atom. The molecule has 9 heteroatoms. The lowest BCUT2D eigenvalue weighted by Gasteiger charge is -2.10. The van der Waals surface area contributed by atoms with Gasteiger partial charge in [0.05, 0.1) is 17.1 Å². The van der Waals surface area contributed by atoms with Crippen molar-refractivity contribution in [2.45, 2.75) is 31.2 Å². The van der Waals surface area contributed by atoms with E-state index in [2.05, 4.69) is 20.7 Å². The minimum Gasteiger partial charge on any atom is -0.462 e. The molecule has 0 bridgehead atoms. The second-order valence-corrected chi connectivity index (χ2v) is 7.12. The molecule has 0 radical (unpaired) electrons. The summed E-state index contributed by atoms with van der Waals surface area (Å²) in [6, 6.07) is 4.13. The van der Waals surface area contributed by atoms with E-state index in [-0.39, 0.29) is 36.5 Å². The van der Waals surface area contributed by atoms with Gasteiger partial charge in [-0.05, 0) is 54.4 Å². The van der Waals surface area contributed by atoms with Gasteiger partial charge in [0, 0.05) is 17.1 Å². The number of sulfonamides is 1. The molecular formula is C13H20BrClN2O4S. The molecule has 0 saturated carbocycles. The number of hydrogen-bond donors (Lipinski definition) is 2. The molecule has 0 aliphatic rings. The Kier molecular flexibility index (Phi) is 9.18. The summed E-state index contributed by atoms with van der Waals surface area (Å²) in [4.78, 5) is 11.7. The molecule has 1 unspecified atom stereocenters. The number of hydrogen-bond acceptors (Lipinski definition) is 5. The number of nitrogens with one attached hydrogen (secondary N) is 1. The summed E-state index contributed by atoms with van der Waals surface area (Å²) in [6.07, 6.45) is 0.539. The Balaban J connectivity index is 0.00000441. The Hall–Kier alpha value is -0.670. The predicted molar refractivity (Wildman–Crippen MR) is 90.8 cm³/mol. The molecule has 0 aliphatic carbocycles. The average molecular weight is 416 g/mol. The molecule has 1 aromatic carbocycles. The molecule has 0 heterocycles. The van der Waals surface area contributed by atoms with E-state index in [0.29, 0.717) is 16.5 Å². The van der Waals surface area contributed by atoms with Gasteiger partial charge in [-0.2, -0.15) is 0 Å². The maximum absolute atomic E-state index is 12.1. The fraction of sp³-hybridized carbons (Fsp3) is 0.462. The van der Waals surface area contributed by atoms with Crippen LogP contribution in [0.5, 0.6) is 0 Å². The number of carbonyl (C=O) groups is 1. The van der Waals surface area contributed by atoms with Crippen LogP contribution in [-0.4, -0.2) is 33.6 Å². The van der Waals surface area contributed by atoms with Crippen LogP contribution in [0.4, 0.5) is 0 Å². The summed E-state index contributed by atoms with van der Waals surface area (Å²) in [5.41, 5.74) is 5.87. The fourth-order valence-electron chi connectivity index (χ4n) is 1.56. The Morgan fingerprint density at radius 2 is 2.09 bits per heavy atom. The molecule has 1 atom stereocenters. The van der Waals surface area contributed by atoms with Gasteiger partial charge in [-0.3, -0.25) is 0 Å². The minimum absolute atomic E-state index is 0. The third kappa shape index (κ3) is 6.21. The van der Waals surface area contributed by atoms with Gasteiger partial charge in [0.2, 0.25) is 10.0 Å². The van der Waals surface area contributed by atoms with E-state index in [9.17, 15) is 13.2 Å². The molecule has 0 amide bonds. The highest BCUT2D eigenvalue weighted by Crippen LogP contribution is 2.23. The maximum Gasteiger partial charge on any atom is 0.338 e. The lowest BCUT2D eigenvalue weighted by Crippen LogP contribution is -2.29. The zero-order chi connectivity index (χ0) is 16.0. The molecule has 6 nitrogen and oxygen atoms in total. The first-order valence-corrected chi connectivity index (χ1v) is 8.77. The third-order valence-corrected chi connectivity index (χ3v) is 5.06. The smallest absolute Gasteiger partial charge is 0.338 e. The van der Waals surface area contributed by atoms with Crippen LogP contribution in [0.1, 0.15) is 30.6 Å². The summed E-state index contributed by atoms with van der Waals surface area (Å²) in [7, 11) is -3.65. The first-order chi connectivity index (χ1) is 9.77. The summed E-state index contributed by atoms with van der Waals surface area (Å²) < 4.78 is 31.9. The number of ether oxygens (including phenoxy) is 1. The zero-order valence-corrected chi connectivity index (χ0v) is 15.6. The molecule has 3 N–H and O–H groups in total. The Morgan fingerprint density at radius 1 is 1.45 bits per heavy atom. The van der Waals surface area contributed by atoms with E-state index >= 15 is 0 Å². The molecule has 0 saturated heterocycles. The van der Waals surface area contributed by atoms with Crippen LogP contribution in [0.25, 0.3) is 0 Å². The zero-order valence-electron chi connectivity index (χ0n) is 12.3. The van der Waals surface area contributed by atoms with Crippen molar-refractivity contribution in [3.05, 3.63) is 28.2 Å². The Labute approximate surface area is 145 Å². The Bertz CT molecular complexity index is 608. The van der Waals surface area contributed by atoms with Gasteiger partial charge in [-0.1, -0.05) is 0 Å². The van der Waals surface area contributed by atoms with Gasteiger partial charge in [0.25, 0.3) is 0 Å². The van der Waals surface area contributed by atoms with Gasteiger partial charge in [0.15, 0.2) is 0 Å². The second kappa shape index (κ2) is 9.46. The van der Waals surface area contributed by atoms with E-state index in [0.717, 1.165) is 0 Å². The topological polar surface area (TPSA) is 98.5 Å². The highest BCUT2D eigenvalue weighted by Gasteiger charge is 2.19. The highest BCUT2D eigenvalue weighted by molar-refractivity contribution is 9.10. The molecule has 0 aromatic heterocycles. The number of nitrogens with two attached hydrogens (primary N) is 1. The summed E-state index contributed by atoms with van der Waals surface area (Å²) in [5.74, 6) is -0.493. The monoisotopic (exact) mass is 414 g/mol. The molecule has 0 spiro atoms. The highest BCUT2D eigenvalue weighted by atomic mass is 79.9. The normalized spacial score (nSPS) is 12.4. The first-order valence-electron chi connectivity index (χ1n) is 6.50. The number of halogens is 2. The van der Waals surface area contributed by atoms with Crippen LogP contribution in [0.2, 0.25) is 0 Å². The van der Waals surface area contributed by atoms with E-state index in [4.69, 9.17) is 10.5 Å². The second-order valence-electron chi connectivity index (χ2n) is 4.53. The van der Waals surface area contributed by atoms with Gasteiger partial charge >= 0.3 is 5.97 Å². The summed E-state index contributed by atoms with van der Waals surface area (Å²) >= 11 is 3.17. The van der Waals surface area contributed by atoms with Crippen LogP contribution in [-0.2, 0) is 14.8 Å². The van der Waals surface area contributed by atoms with Crippen molar-refractivity contribution in [3.63, 3.8) is 0 Å². The summed E-state index contributed by atoms with van der Waals surface area (Å²) in [5, 5.41) is 0. The average Bonchev–Trinajstić information content (AvgIpc) is 2.37. The summed E-state index contributed by atoms with van der Waals surface area (Å²) in [6.45, 7) is 4.02. The third-order valence-electron chi connectivity index (χ3n) is 2.62. The number of benzene rings is 1. The van der Waals surface area contributed by atoms with Crippen molar-refractivity contribution in [3.8, 4) is 0 Å². The quantitative estimate of drug-likeness (QED) is 0.664. The standard InChI is InChI=1S/C13H19BrN2O4S.ClH/c1-3-20-13(17)10-4-5-12(11(14)8-10)21(18,19)16-7-6-9(2)15;/h4-5,8-9,16H,3,6-7,15H2,1-2H3;1H. The van der Waals surface area contributed by atoms with Crippen LogP contribution >= 0.6 is 28.3 Å². The van der Waals surface area contributed by atoms with Crippen LogP contribution < -0.4 is 10.5 Å². The van der Waals surface area contributed by atoms with E-state index in [1.807, 2.05) is 0 Å². The van der Waals surface area contributed by atoms with Crippen molar-refractivity contribution < 1.29 is 17.9 Å². The maximum atomic E-state index is 12.1. The molecule has 1 aromatic rings. The van der Waals surface area contributed by atoms with Gasteiger partial charge in [0.1, 0.15) is 0 Å². The first kappa shape index (κ1) is 21.3. The van der Waals surface area contributed by atoms with Crippen LogP contribution in [0.3, 0.4) is 0 Å². The largest absolute Gasteiger partial charge is 0.462 e. The lowest BCUT2D eigenvalue weighted by atomic mass is 10.2. The number of carbonyl (C=O) groups excluding carboxylic acids is 1. The van der Waals surface area contributed by atoms with Crippen molar-refractivity contribution in [2.24, 2.45) is 5.73 Å². The van der Waals surface area contributed by atoms with Crippen molar-refractivity contribution in [1.29, 1.82) is 0 Å². The SMILES string of the molecule is CCOC(=O)c1ccc(S(=O)(=O)NCCC(C)N)c(Br)c1.Cl. The van der Waals surface area contributed by atoms with Gasteiger partial charge in [-0.15, -0.1) is 12.4 Å². The van der Waals surface area contributed by atoms with E-state index in [1.54, 1.807) is 13.8 Å². The van der Waals surface area contributed by atoms with Crippen LogP contribution in [0, 0.1) is 0 Å². The minimum atomic E-state index is -3.65. The molecule has 126 valence electrons. The molecule has 0 fully saturated rings. The lowest BCUT2D eigenvalue weighted by molar-refractivity contribution is 0.0526. The van der Waals surface area contributed by atoms with E-state index in [1.165, 1.54) is 18.2 Å². The molecular weight excluding hydrogens is 396 g/mol. The van der Waals surface area contributed by atoms with E-state index < -0.39 is 16.0 Å². The molecule has 0 aliphatic heterocycles. The molecule has 1 rings (SSSR count). The van der Waals surface area contributed by atoms with Crippen LogP contribution in [0.15, 0.2) is 27.6 Å².